The summed E-state index contributed by atoms with van der Waals surface area (Å²) in [5, 5.41) is 0. The van der Waals surface area contributed by atoms with Crippen molar-refractivity contribution in [3.05, 3.63) is 71.8 Å². The van der Waals surface area contributed by atoms with Crippen molar-refractivity contribution in [2.24, 2.45) is 11.8 Å². The first-order valence-electron chi connectivity index (χ1n) is 10.3. The highest BCUT2D eigenvalue weighted by atomic mass is 79.9. The van der Waals surface area contributed by atoms with Gasteiger partial charge in [0, 0.05) is 32.4 Å². The highest BCUT2D eigenvalue weighted by molar-refractivity contribution is 5.91. The Balaban J connectivity index is 0.00000420. The average Bonchev–Trinajstić information content (AvgIpc) is 2.69. The van der Waals surface area contributed by atoms with E-state index in [-0.39, 0.29) is 28.4 Å². The van der Waals surface area contributed by atoms with E-state index < -0.39 is 5.41 Å². The zero-order valence-electron chi connectivity index (χ0n) is 18.8. The van der Waals surface area contributed by atoms with Gasteiger partial charge in [-0.15, -0.1) is 0 Å². The summed E-state index contributed by atoms with van der Waals surface area (Å²) in [5.41, 5.74) is 5.95. The van der Waals surface area contributed by atoms with Crippen molar-refractivity contribution in [2.75, 3.05) is 14.1 Å². The molecule has 0 radical (unpaired) electrons. The fraction of sp³-hybridized carbons (Fsp3) is 0.480. The van der Waals surface area contributed by atoms with E-state index in [1.807, 2.05) is 50.5 Å². The predicted molar refractivity (Wildman–Crippen MR) is 117 cm³/mol. The lowest BCUT2D eigenvalue weighted by atomic mass is 9.65. The number of benzene rings is 2. The second-order valence-corrected chi connectivity index (χ2v) is 8.88. The van der Waals surface area contributed by atoms with Crippen LogP contribution in [0.3, 0.4) is 0 Å². The van der Waals surface area contributed by atoms with Gasteiger partial charge in [-0.05, 0) is 17.5 Å². The molecule has 0 unspecified atom stereocenters. The summed E-state index contributed by atoms with van der Waals surface area (Å²) in [6, 6.07) is 20.5. The molecule has 2 rings (SSSR count). The maximum absolute atomic E-state index is 13.7. The van der Waals surface area contributed by atoms with E-state index in [2.05, 4.69) is 57.7 Å². The number of halogens is 1. The minimum atomic E-state index is -0.710. The fourth-order valence-corrected chi connectivity index (χ4v) is 4.30. The number of hydrogen-bond donors (Lipinski definition) is 1. The van der Waals surface area contributed by atoms with Gasteiger partial charge in [-0.25, -0.2) is 0 Å². The molecule has 1 amide bonds. The van der Waals surface area contributed by atoms with Gasteiger partial charge < -0.3 is 27.6 Å². The Morgan fingerprint density at radius 1 is 0.828 bits per heavy atom. The third-order valence-electron chi connectivity index (χ3n) is 6.57. The molecule has 0 aromatic heterocycles. The van der Waals surface area contributed by atoms with E-state index in [4.69, 9.17) is 0 Å². The summed E-state index contributed by atoms with van der Waals surface area (Å²) < 4.78 is 0. The van der Waals surface area contributed by atoms with Gasteiger partial charge >= 0.3 is 0 Å². The fourth-order valence-electron chi connectivity index (χ4n) is 4.30. The molecule has 3 N–H and O–H groups in total. The van der Waals surface area contributed by atoms with E-state index in [9.17, 15) is 4.79 Å². The van der Waals surface area contributed by atoms with Crippen LogP contribution in [-0.4, -0.2) is 30.4 Å². The Morgan fingerprint density at radius 2 is 1.21 bits per heavy atom. The first-order chi connectivity index (χ1) is 13.2. The number of nitrogens with zero attached hydrogens (tertiary/aromatic N) is 1. The smallest absolute Gasteiger partial charge is 0.237 e. The lowest BCUT2D eigenvalue weighted by Gasteiger charge is -2.40. The lowest BCUT2D eigenvalue weighted by Crippen LogP contribution is -3.00. The number of likely N-dealkylation sites (N-methyl/N-ethyl adjacent to an activating group) is 1. The van der Waals surface area contributed by atoms with Gasteiger partial charge in [0.1, 0.15) is 0 Å². The summed E-state index contributed by atoms with van der Waals surface area (Å²) in [5.74, 6) is 0.997. The quantitative estimate of drug-likeness (QED) is 0.630. The molecule has 29 heavy (non-hydrogen) atoms. The monoisotopic (exact) mass is 460 g/mol. The molecular weight excluding hydrogens is 424 g/mol. The van der Waals surface area contributed by atoms with Crippen LogP contribution in [0.2, 0.25) is 0 Å². The van der Waals surface area contributed by atoms with Crippen LogP contribution in [0.15, 0.2) is 60.7 Å². The average molecular weight is 461 g/mol. The van der Waals surface area contributed by atoms with E-state index in [0.29, 0.717) is 11.8 Å². The Morgan fingerprint density at radius 3 is 1.52 bits per heavy atom. The first kappa shape index (κ1) is 25.4. The molecule has 0 aliphatic carbocycles. The minimum Gasteiger partial charge on any atom is -1.00 e. The van der Waals surface area contributed by atoms with Crippen molar-refractivity contribution in [3.63, 3.8) is 0 Å². The molecule has 4 heteroatoms. The van der Waals surface area contributed by atoms with Gasteiger partial charge in [-0.1, -0.05) is 88.4 Å². The van der Waals surface area contributed by atoms with Crippen LogP contribution >= 0.6 is 0 Å². The minimum absolute atomic E-state index is 0. The third-order valence-corrected chi connectivity index (χ3v) is 6.57. The number of quaternary nitrogens is 1. The van der Waals surface area contributed by atoms with Gasteiger partial charge in [0.05, 0.1) is 11.0 Å². The molecule has 160 valence electrons. The molecule has 2 aromatic rings. The Kier molecular flexibility index (Phi) is 9.10. The third kappa shape index (κ3) is 5.10. The van der Waals surface area contributed by atoms with Crippen LogP contribution in [0, 0.1) is 11.8 Å². The number of hydrogen-bond acceptors (Lipinski definition) is 1. The number of amides is 1. The van der Waals surface area contributed by atoms with Crippen LogP contribution in [0.4, 0.5) is 0 Å². The second kappa shape index (κ2) is 10.4. The molecule has 0 saturated heterocycles. The molecule has 0 aliphatic heterocycles. The van der Waals surface area contributed by atoms with Gasteiger partial charge in [0.25, 0.3) is 0 Å². The number of rotatable bonds is 8. The van der Waals surface area contributed by atoms with Crippen molar-refractivity contribution in [3.8, 4) is 0 Å². The largest absolute Gasteiger partial charge is 1.00 e. The van der Waals surface area contributed by atoms with Crippen molar-refractivity contribution in [1.82, 2.24) is 4.90 Å². The van der Waals surface area contributed by atoms with Crippen molar-refractivity contribution in [1.29, 1.82) is 0 Å². The number of carbonyl (C=O) groups excluding carboxylic acids is 1. The SMILES string of the molecule is CC(C)C([NH3+])(CCC(C(=O)N(C)C)(c1ccccc1)c1ccccc1)C(C)C.[Br-]. The highest BCUT2D eigenvalue weighted by Crippen LogP contribution is 2.41. The molecular formula is C25H37BrN2O. The Labute approximate surface area is 187 Å². The second-order valence-electron chi connectivity index (χ2n) is 8.88. The summed E-state index contributed by atoms with van der Waals surface area (Å²) >= 11 is 0. The maximum Gasteiger partial charge on any atom is 0.237 e. The van der Waals surface area contributed by atoms with E-state index in [1.54, 1.807) is 4.90 Å². The van der Waals surface area contributed by atoms with E-state index in [1.165, 1.54) is 0 Å². The van der Waals surface area contributed by atoms with Gasteiger partial charge in [-0.3, -0.25) is 4.79 Å². The summed E-state index contributed by atoms with van der Waals surface area (Å²) in [6.07, 6.45) is 1.61. The van der Waals surface area contributed by atoms with Crippen LogP contribution in [0.5, 0.6) is 0 Å². The van der Waals surface area contributed by atoms with Crippen LogP contribution < -0.4 is 22.7 Å². The molecule has 0 spiro atoms. The Hall–Kier alpha value is -1.65. The maximum atomic E-state index is 13.7. The van der Waals surface area contributed by atoms with Gasteiger partial charge in [0.15, 0.2) is 0 Å². The molecule has 0 aliphatic rings. The van der Waals surface area contributed by atoms with E-state index >= 15 is 0 Å². The summed E-state index contributed by atoms with van der Waals surface area (Å²) in [4.78, 5) is 15.5. The molecule has 0 heterocycles. The van der Waals surface area contributed by atoms with Crippen molar-refractivity contribution >= 4 is 5.91 Å². The standard InChI is InChI=1S/C25H36N2O.BrH/c1-19(2)25(26,20(3)4)18-17-24(23(28)27(5)6,21-13-9-7-10-14-21)22-15-11-8-12-16-22;/h7-16,19-20H,17-18,26H2,1-6H3;1H. The molecule has 3 nitrogen and oxygen atoms in total. The molecule has 0 atom stereocenters. The van der Waals surface area contributed by atoms with Crippen molar-refractivity contribution in [2.45, 2.75) is 51.5 Å². The topological polar surface area (TPSA) is 48.0 Å². The number of carbonyl (C=O) groups is 1. The van der Waals surface area contributed by atoms with Crippen LogP contribution in [0.1, 0.15) is 51.7 Å². The summed E-state index contributed by atoms with van der Waals surface area (Å²) in [6.45, 7) is 8.97. The lowest BCUT2D eigenvalue weighted by molar-refractivity contribution is -0.505. The predicted octanol–water partition coefficient (Wildman–Crippen LogP) is 1.14. The van der Waals surface area contributed by atoms with Crippen molar-refractivity contribution < 1.29 is 27.5 Å². The van der Waals surface area contributed by atoms with Crippen LogP contribution in [-0.2, 0) is 10.2 Å². The van der Waals surface area contributed by atoms with Gasteiger partial charge in [0.2, 0.25) is 5.91 Å². The molecule has 2 aromatic carbocycles. The Bertz CT molecular complexity index is 709. The molecule has 0 fully saturated rings. The molecule has 0 bridgehead atoms. The van der Waals surface area contributed by atoms with Gasteiger partial charge in [-0.2, -0.15) is 0 Å². The highest BCUT2D eigenvalue weighted by Gasteiger charge is 2.46. The zero-order chi connectivity index (χ0) is 20.9. The zero-order valence-corrected chi connectivity index (χ0v) is 20.4. The van der Waals surface area contributed by atoms with E-state index in [0.717, 1.165) is 24.0 Å². The normalized spacial score (nSPS) is 12.0. The molecule has 0 saturated carbocycles. The first-order valence-corrected chi connectivity index (χ1v) is 10.3. The van der Waals surface area contributed by atoms with Crippen LogP contribution in [0.25, 0.3) is 0 Å². The summed E-state index contributed by atoms with van der Waals surface area (Å²) in [7, 11) is 3.70.